The quantitative estimate of drug-likeness (QED) is 0.688. The van der Waals surface area contributed by atoms with Crippen molar-refractivity contribution < 1.29 is 12.8 Å². The number of anilines is 2. The third-order valence-corrected chi connectivity index (χ3v) is 5.81. The summed E-state index contributed by atoms with van der Waals surface area (Å²) in [5, 5.41) is 0. The minimum Gasteiger partial charge on any atom is -0.399 e. The molecule has 134 valence electrons. The maximum Gasteiger partial charge on any atom is 0.264 e. The van der Waals surface area contributed by atoms with Gasteiger partial charge in [0.05, 0.1) is 17.1 Å². The second kappa shape index (κ2) is 7.17. The van der Waals surface area contributed by atoms with Gasteiger partial charge < -0.3 is 5.73 Å². The maximum absolute atomic E-state index is 14.4. The molecule has 0 aliphatic rings. The minimum absolute atomic E-state index is 0.00454. The van der Waals surface area contributed by atoms with Gasteiger partial charge in [0.1, 0.15) is 5.82 Å². The van der Waals surface area contributed by atoms with Crippen molar-refractivity contribution in [3.8, 4) is 0 Å². The molecule has 0 atom stereocenters. The lowest BCUT2D eigenvalue weighted by Crippen LogP contribution is -2.31. The average molecular weight is 370 g/mol. The third-order valence-electron chi connectivity index (χ3n) is 4.04. The van der Waals surface area contributed by atoms with Gasteiger partial charge in [-0.3, -0.25) is 4.31 Å². The highest BCUT2D eigenvalue weighted by Crippen LogP contribution is 2.28. The van der Waals surface area contributed by atoms with Crippen molar-refractivity contribution in [1.82, 2.24) is 0 Å². The molecule has 2 N–H and O–H groups in total. The van der Waals surface area contributed by atoms with Crippen LogP contribution in [-0.2, 0) is 16.6 Å². The van der Waals surface area contributed by atoms with Crippen LogP contribution >= 0.6 is 0 Å². The van der Waals surface area contributed by atoms with Gasteiger partial charge in [-0.05, 0) is 48.9 Å². The summed E-state index contributed by atoms with van der Waals surface area (Å²) in [5.74, 6) is -0.598. The number of hydrogen-bond donors (Lipinski definition) is 1. The molecule has 0 saturated carbocycles. The molecule has 6 heteroatoms. The normalized spacial score (nSPS) is 11.3. The van der Waals surface area contributed by atoms with Gasteiger partial charge in [0.2, 0.25) is 0 Å². The molecule has 0 amide bonds. The molecule has 26 heavy (non-hydrogen) atoms. The topological polar surface area (TPSA) is 63.4 Å². The second-order valence-electron chi connectivity index (χ2n) is 6.02. The van der Waals surface area contributed by atoms with Crippen molar-refractivity contribution in [1.29, 1.82) is 0 Å². The Hall–Kier alpha value is -2.86. The number of nitrogen functional groups attached to an aromatic ring is 1. The van der Waals surface area contributed by atoms with Crippen LogP contribution in [0.4, 0.5) is 15.8 Å². The molecule has 0 aromatic heterocycles. The summed E-state index contributed by atoms with van der Waals surface area (Å²) in [4.78, 5) is 0.0575. The van der Waals surface area contributed by atoms with Crippen LogP contribution in [0, 0.1) is 12.7 Å². The van der Waals surface area contributed by atoms with E-state index in [0.717, 1.165) is 15.4 Å². The first-order chi connectivity index (χ1) is 12.4. The molecule has 0 aliphatic heterocycles. The van der Waals surface area contributed by atoms with Crippen molar-refractivity contribution in [2.75, 3.05) is 10.0 Å². The number of halogens is 1. The van der Waals surface area contributed by atoms with Crippen LogP contribution in [0.5, 0.6) is 0 Å². The van der Waals surface area contributed by atoms with Crippen LogP contribution in [0.3, 0.4) is 0 Å². The number of nitrogens with zero attached hydrogens (tertiary/aromatic N) is 1. The molecule has 0 fully saturated rings. The Bertz CT molecular complexity index is 1000. The molecule has 3 aromatic rings. The van der Waals surface area contributed by atoms with Gasteiger partial charge in [0, 0.05) is 5.69 Å². The smallest absolute Gasteiger partial charge is 0.264 e. The van der Waals surface area contributed by atoms with E-state index < -0.39 is 15.8 Å². The van der Waals surface area contributed by atoms with Crippen LogP contribution < -0.4 is 10.0 Å². The third kappa shape index (κ3) is 3.70. The van der Waals surface area contributed by atoms with Crippen LogP contribution in [-0.4, -0.2) is 8.42 Å². The highest BCUT2D eigenvalue weighted by Gasteiger charge is 2.27. The fraction of sp³-hybridized carbons (Fsp3) is 0.100. The molecule has 0 bridgehead atoms. The zero-order valence-corrected chi connectivity index (χ0v) is 15.1. The molecule has 0 saturated heterocycles. The lowest BCUT2D eigenvalue weighted by atomic mass is 10.1. The van der Waals surface area contributed by atoms with Crippen molar-refractivity contribution in [2.45, 2.75) is 18.4 Å². The highest BCUT2D eigenvalue weighted by molar-refractivity contribution is 7.92. The van der Waals surface area contributed by atoms with Crippen LogP contribution in [0.15, 0.2) is 77.7 Å². The van der Waals surface area contributed by atoms with E-state index in [1.165, 1.54) is 42.5 Å². The molecule has 0 heterocycles. The first kappa shape index (κ1) is 17.9. The van der Waals surface area contributed by atoms with Gasteiger partial charge in [-0.1, -0.05) is 42.0 Å². The maximum atomic E-state index is 14.4. The summed E-state index contributed by atoms with van der Waals surface area (Å²) in [5.41, 5.74) is 7.94. The van der Waals surface area contributed by atoms with E-state index in [0.29, 0.717) is 5.69 Å². The Morgan fingerprint density at radius 1 is 0.923 bits per heavy atom. The summed E-state index contributed by atoms with van der Waals surface area (Å²) in [6.07, 6.45) is 0. The average Bonchev–Trinajstić information content (AvgIpc) is 2.62. The number of rotatable bonds is 5. The van der Waals surface area contributed by atoms with E-state index in [-0.39, 0.29) is 17.1 Å². The first-order valence-corrected chi connectivity index (χ1v) is 9.50. The number of benzene rings is 3. The Morgan fingerprint density at radius 2 is 1.54 bits per heavy atom. The highest BCUT2D eigenvalue weighted by atomic mass is 32.2. The van der Waals surface area contributed by atoms with E-state index in [9.17, 15) is 12.8 Å². The van der Waals surface area contributed by atoms with Crippen molar-refractivity contribution >= 4 is 21.4 Å². The Morgan fingerprint density at radius 3 is 2.15 bits per heavy atom. The zero-order valence-electron chi connectivity index (χ0n) is 14.3. The van der Waals surface area contributed by atoms with Crippen LogP contribution in [0.1, 0.15) is 11.1 Å². The van der Waals surface area contributed by atoms with E-state index in [1.807, 2.05) is 31.2 Å². The molecular formula is C20H19FN2O2S. The summed E-state index contributed by atoms with van der Waals surface area (Å²) >= 11 is 0. The van der Waals surface area contributed by atoms with Gasteiger partial charge in [-0.15, -0.1) is 0 Å². The predicted octanol–water partition coefficient (Wildman–Crippen LogP) is 4.11. The van der Waals surface area contributed by atoms with Crippen molar-refractivity contribution in [3.05, 3.63) is 89.7 Å². The number of aryl methyl sites for hydroxylation is 1. The summed E-state index contributed by atoms with van der Waals surface area (Å²) < 4.78 is 41.8. The van der Waals surface area contributed by atoms with Gasteiger partial charge in [0.25, 0.3) is 10.0 Å². The van der Waals surface area contributed by atoms with E-state index in [1.54, 1.807) is 6.07 Å². The lowest BCUT2D eigenvalue weighted by molar-refractivity contribution is 0.584. The Kier molecular flexibility index (Phi) is 4.95. The molecule has 0 spiro atoms. The van der Waals surface area contributed by atoms with E-state index in [2.05, 4.69) is 0 Å². The Labute approximate surface area is 152 Å². The number of para-hydroxylation sites is 1. The first-order valence-electron chi connectivity index (χ1n) is 8.06. The molecule has 0 radical (unpaired) electrons. The molecular weight excluding hydrogens is 351 g/mol. The summed E-state index contributed by atoms with van der Waals surface area (Å²) in [6, 6.07) is 19.2. The molecule has 4 nitrogen and oxygen atoms in total. The van der Waals surface area contributed by atoms with E-state index in [4.69, 9.17) is 5.73 Å². The van der Waals surface area contributed by atoms with Crippen molar-refractivity contribution in [3.63, 3.8) is 0 Å². The Balaban J connectivity index is 2.09. The van der Waals surface area contributed by atoms with Gasteiger partial charge in [0.15, 0.2) is 0 Å². The van der Waals surface area contributed by atoms with Gasteiger partial charge >= 0.3 is 0 Å². The van der Waals surface area contributed by atoms with E-state index >= 15 is 0 Å². The molecule has 0 unspecified atom stereocenters. The SMILES string of the molecule is Cc1ccc(CN(c2ccccc2F)S(=O)(=O)c2ccc(N)cc2)cc1. The van der Waals surface area contributed by atoms with Crippen LogP contribution in [0.25, 0.3) is 0 Å². The molecule has 0 aliphatic carbocycles. The molecule has 3 aromatic carbocycles. The zero-order chi connectivity index (χ0) is 18.7. The molecule has 3 rings (SSSR count). The minimum atomic E-state index is -3.96. The predicted molar refractivity (Wildman–Crippen MR) is 102 cm³/mol. The fourth-order valence-electron chi connectivity index (χ4n) is 2.58. The van der Waals surface area contributed by atoms with Crippen LogP contribution in [0.2, 0.25) is 0 Å². The van der Waals surface area contributed by atoms with Gasteiger partial charge in [-0.2, -0.15) is 0 Å². The van der Waals surface area contributed by atoms with Crippen molar-refractivity contribution in [2.24, 2.45) is 0 Å². The lowest BCUT2D eigenvalue weighted by Gasteiger charge is -2.25. The standard InChI is InChI=1S/C20H19FN2O2S/c1-15-6-8-16(9-7-15)14-23(20-5-3-2-4-19(20)21)26(24,25)18-12-10-17(22)11-13-18/h2-13H,14,22H2,1H3. The monoisotopic (exact) mass is 370 g/mol. The summed E-state index contributed by atoms with van der Waals surface area (Å²) in [7, 11) is -3.96. The largest absolute Gasteiger partial charge is 0.399 e. The number of hydrogen-bond acceptors (Lipinski definition) is 3. The van der Waals surface area contributed by atoms with Gasteiger partial charge in [-0.25, -0.2) is 12.8 Å². The second-order valence-corrected chi connectivity index (χ2v) is 7.88. The number of sulfonamides is 1. The number of nitrogens with two attached hydrogens (primary N) is 1. The summed E-state index contributed by atoms with van der Waals surface area (Å²) in [6.45, 7) is 1.97. The fourth-order valence-corrected chi connectivity index (χ4v) is 4.04.